The second kappa shape index (κ2) is 16.3. The van der Waals surface area contributed by atoms with Gasteiger partial charge < -0.3 is 26.4 Å². The van der Waals surface area contributed by atoms with Crippen LogP contribution in [0, 0.1) is 12.3 Å². The smallest absolute Gasteiger partial charge is 0.246 e. The summed E-state index contributed by atoms with van der Waals surface area (Å²) in [5.74, 6) is -0.817. The van der Waals surface area contributed by atoms with Crippen LogP contribution in [0.1, 0.15) is 103 Å². The van der Waals surface area contributed by atoms with Gasteiger partial charge in [-0.25, -0.2) is 4.98 Å². The second-order valence-corrected chi connectivity index (χ2v) is 13.7. The Labute approximate surface area is 261 Å². The maximum Gasteiger partial charge on any atom is 0.246 e. The fourth-order valence-electron chi connectivity index (χ4n) is 5.56. The monoisotopic (exact) mass is 613 g/mol. The largest absolute Gasteiger partial charge is 0.391 e. The van der Waals surface area contributed by atoms with Crippen molar-refractivity contribution >= 4 is 29.1 Å². The molecule has 0 aliphatic carbocycles. The summed E-state index contributed by atoms with van der Waals surface area (Å²) in [7, 11) is 0. The molecule has 1 aliphatic heterocycles. The van der Waals surface area contributed by atoms with E-state index in [0.29, 0.717) is 6.42 Å². The Kier molecular flexibility index (Phi) is 13.1. The molecule has 43 heavy (non-hydrogen) atoms. The number of benzene rings is 1. The number of nitrogens with one attached hydrogen (secondary N) is 2. The number of unbranched alkanes of at least 4 members (excludes halogenated alkanes) is 6. The number of nitrogens with zero attached hydrogens (tertiary/aromatic N) is 2. The van der Waals surface area contributed by atoms with Crippen LogP contribution in [0.3, 0.4) is 0 Å². The minimum Gasteiger partial charge on any atom is -0.391 e. The summed E-state index contributed by atoms with van der Waals surface area (Å²) in [5.41, 5.74) is 9.79. The molecule has 238 valence electrons. The van der Waals surface area contributed by atoms with E-state index in [1.165, 1.54) is 11.3 Å². The Morgan fingerprint density at radius 2 is 1.67 bits per heavy atom. The van der Waals surface area contributed by atoms with Crippen molar-refractivity contribution in [2.75, 3.05) is 13.1 Å². The van der Waals surface area contributed by atoms with Crippen LogP contribution >= 0.6 is 11.3 Å². The average Bonchev–Trinajstić information content (AvgIpc) is 3.57. The van der Waals surface area contributed by atoms with Crippen molar-refractivity contribution in [3.63, 3.8) is 0 Å². The fourth-order valence-corrected chi connectivity index (χ4v) is 6.37. The van der Waals surface area contributed by atoms with Crippen LogP contribution in [0.5, 0.6) is 0 Å². The van der Waals surface area contributed by atoms with Crippen molar-refractivity contribution in [1.29, 1.82) is 0 Å². The Bertz CT molecular complexity index is 1190. The molecule has 1 unspecified atom stereocenters. The van der Waals surface area contributed by atoms with Crippen molar-refractivity contribution in [3.8, 4) is 10.4 Å². The molecule has 1 fully saturated rings. The van der Waals surface area contributed by atoms with Gasteiger partial charge in [-0.15, -0.1) is 11.3 Å². The van der Waals surface area contributed by atoms with Crippen molar-refractivity contribution in [1.82, 2.24) is 20.5 Å². The number of carbonyl (C=O) groups excluding carboxylic acids is 3. The van der Waals surface area contributed by atoms with Gasteiger partial charge in [0.25, 0.3) is 0 Å². The van der Waals surface area contributed by atoms with Crippen LogP contribution in [0.25, 0.3) is 10.4 Å². The molecule has 5 N–H and O–H groups in total. The number of hydrogen-bond donors (Lipinski definition) is 4. The lowest BCUT2D eigenvalue weighted by Crippen LogP contribution is -2.57. The van der Waals surface area contributed by atoms with E-state index in [4.69, 9.17) is 5.73 Å². The Morgan fingerprint density at radius 3 is 2.26 bits per heavy atom. The first-order chi connectivity index (χ1) is 20.4. The minimum absolute atomic E-state index is 0.0564. The third kappa shape index (κ3) is 10.1. The van der Waals surface area contributed by atoms with Gasteiger partial charge in [-0.1, -0.05) is 77.1 Å². The summed E-state index contributed by atoms with van der Waals surface area (Å²) in [4.78, 5) is 47.0. The lowest BCUT2D eigenvalue weighted by Gasteiger charge is -2.35. The van der Waals surface area contributed by atoms with Gasteiger partial charge in [-0.3, -0.25) is 14.4 Å². The highest BCUT2D eigenvalue weighted by atomic mass is 32.1. The van der Waals surface area contributed by atoms with E-state index >= 15 is 0 Å². The normalized spacial score (nSPS) is 18.3. The van der Waals surface area contributed by atoms with Crippen LogP contribution in [0.15, 0.2) is 29.8 Å². The van der Waals surface area contributed by atoms with Gasteiger partial charge >= 0.3 is 0 Å². The first-order valence-electron chi connectivity index (χ1n) is 15.7. The van der Waals surface area contributed by atoms with Crippen molar-refractivity contribution in [2.45, 2.75) is 117 Å². The van der Waals surface area contributed by atoms with Gasteiger partial charge in [0.1, 0.15) is 12.1 Å². The summed E-state index contributed by atoms with van der Waals surface area (Å²) >= 11 is 1.59. The molecule has 1 saturated heterocycles. The number of aliphatic hydroxyl groups excluding tert-OH is 1. The molecule has 4 atom stereocenters. The zero-order valence-corrected chi connectivity index (χ0v) is 27.3. The predicted molar refractivity (Wildman–Crippen MR) is 172 cm³/mol. The number of amides is 3. The van der Waals surface area contributed by atoms with E-state index in [1.54, 1.807) is 11.3 Å². The van der Waals surface area contributed by atoms with Gasteiger partial charge in [0.05, 0.1) is 28.2 Å². The quantitative estimate of drug-likeness (QED) is 0.212. The highest BCUT2D eigenvalue weighted by molar-refractivity contribution is 7.13. The number of likely N-dealkylation sites (tertiary alicyclic amines) is 1. The Morgan fingerprint density at radius 1 is 1.05 bits per heavy atom. The summed E-state index contributed by atoms with van der Waals surface area (Å²) in [5, 5.41) is 16.5. The zero-order chi connectivity index (χ0) is 31.6. The molecule has 1 aromatic carbocycles. The number of nitrogens with two attached hydrogens (primary N) is 1. The molecule has 3 rings (SSSR count). The fraction of sp³-hybridized carbons (Fsp3) is 0.636. The SMILES string of the molecule is Cc1ncsc1-c1ccc([C@H](C)NC(=O)[C@@H]2C[C@@H](O)CN2C(=O)C(NC(=O)CCCCCCCCCN)C(C)(C)C)cc1. The number of carbonyl (C=O) groups is 3. The number of rotatable bonds is 15. The Hall–Kier alpha value is -2.82. The van der Waals surface area contributed by atoms with E-state index < -0.39 is 23.6 Å². The van der Waals surface area contributed by atoms with E-state index in [2.05, 4.69) is 15.6 Å². The maximum atomic E-state index is 13.8. The zero-order valence-electron chi connectivity index (χ0n) is 26.5. The first kappa shape index (κ1) is 34.7. The topological polar surface area (TPSA) is 138 Å². The molecular formula is C33H51N5O4S. The van der Waals surface area contributed by atoms with E-state index in [1.807, 2.05) is 64.4 Å². The average molecular weight is 614 g/mol. The van der Waals surface area contributed by atoms with Crippen LogP contribution in [-0.4, -0.2) is 64.0 Å². The van der Waals surface area contributed by atoms with Gasteiger partial charge in [0.2, 0.25) is 17.7 Å². The Balaban J connectivity index is 1.58. The maximum absolute atomic E-state index is 13.8. The number of aryl methyl sites for hydroxylation is 1. The van der Waals surface area contributed by atoms with Crippen molar-refractivity contribution < 1.29 is 19.5 Å². The molecule has 3 amide bonds. The van der Waals surface area contributed by atoms with Gasteiger partial charge in [-0.05, 0) is 49.8 Å². The number of aliphatic hydroxyl groups is 1. The lowest BCUT2D eigenvalue weighted by molar-refractivity contribution is -0.144. The van der Waals surface area contributed by atoms with Crippen LogP contribution in [0.2, 0.25) is 0 Å². The molecule has 0 spiro atoms. The van der Waals surface area contributed by atoms with Gasteiger partial charge in [-0.2, -0.15) is 0 Å². The number of β-amino-alcohol motifs (C(OH)–C–C–N with tert-alkyl or cyclic N) is 1. The summed E-state index contributed by atoms with van der Waals surface area (Å²) in [6.07, 6.45) is 7.03. The highest BCUT2D eigenvalue weighted by Gasteiger charge is 2.44. The lowest BCUT2D eigenvalue weighted by atomic mass is 9.85. The number of hydrogen-bond acceptors (Lipinski definition) is 7. The number of thiazole rings is 1. The van der Waals surface area contributed by atoms with Gasteiger partial charge in [0, 0.05) is 19.4 Å². The molecule has 1 aliphatic rings. The standard InChI is InChI=1S/C33H51N5O4S/c1-22(24-14-16-25(17-15-24)29-23(2)35-21-43-29)36-31(41)27-19-26(39)20-38(27)32(42)30(33(3,4)5)37-28(40)13-11-9-7-6-8-10-12-18-34/h14-17,21-22,26-27,30,39H,6-13,18-20,34H2,1-5H3,(H,36,41)(H,37,40)/t22-,26+,27-,30?/m0/s1. The second-order valence-electron chi connectivity index (χ2n) is 12.9. The van der Waals surface area contributed by atoms with Crippen molar-refractivity contribution in [2.24, 2.45) is 11.1 Å². The molecule has 9 nitrogen and oxygen atoms in total. The molecule has 2 aromatic rings. The van der Waals surface area contributed by atoms with Gasteiger partial charge in [0.15, 0.2) is 0 Å². The van der Waals surface area contributed by atoms with E-state index in [0.717, 1.165) is 66.8 Å². The van der Waals surface area contributed by atoms with E-state index in [9.17, 15) is 19.5 Å². The van der Waals surface area contributed by atoms with Crippen LogP contribution < -0.4 is 16.4 Å². The summed E-state index contributed by atoms with van der Waals surface area (Å²) < 4.78 is 0. The highest BCUT2D eigenvalue weighted by Crippen LogP contribution is 2.29. The molecule has 1 aromatic heterocycles. The first-order valence-corrected chi connectivity index (χ1v) is 16.6. The van der Waals surface area contributed by atoms with Crippen LogP contribution in [-0.2, 0) is 14.4 Å². The molecular weight excluding hydrogens is 562 g/mol. The predicted octanol–water partition coefficient (Wildman–Crippen LogP) is 4.87. The van der Waals surface area contributed by atoms with Crippen LogP contribution in [0.4, 0.5) is 0 Å². The third-order valence-corrected chi connectivity index (χ3v) is 9.15. The summed E-state index contributed by atoms with van der Waals surface area (Å²) in [6, 6.07) is 6.10. The summed E-state index contributed by atoms with van der Waals surface area (Å²) in [6.45, 7) is 10.4. The molecule has 0 bridgehead atoms. The number of aromatic nitrogens is 1. The molecule has 0 radical (unpaired) electrons. The molecule has 2 heterocycles. The van der Waals surface area contributed by atoms with Crippen molar-refractivity contribution in [3.05, 3.63) is 41.0 Å². The molecule has 0 saturated carbocycles. The third-order valence-electron chi connectivity index (χ3n) is 8.17. The molecule has 10 heteroatoms. The van der Waals surface area contributed by atoms with E-state index in [-0.39, 0.29) is 36.7 Å². The minimum atomic E-state index is -0.815.